The van der Waals surface area contributed by atoms with Crippen molar-refractivity contribution >= 4 is 9.84 Å². The lowest BCUT2D eigenvalue weighted by Gasteiger charge is -2.28. The van der Waals surface area contributed by atoms with E-state index in [0.29, 0.717) is 5.92 Å². The van der Waals surface area contributed by atoms with Gasteiger partial charge in [-0.2, -0.15) is 0 Å². The van der Waals surface area contributed by atoms with E-state index in [1.165, 1.54) is 19.3 Å². The molecule has 2 atom stereocenters. The van der Waals surface area contributed by atoms with Crippen LogP contribution in [0.5, 0.6) is 0 Å². The molecule has 0 N–H and O–H groups in total. The SMILES string of the molecule is Cc1ccc(S(=O)(=O)CCO[C@H]2CCCC[C@@H]2C)nc1. The molecule has 1 aliphatic rings. The molecule has 0 bridgehead atoms. The molecule has 1 aromatic heterocycles. The molecular formula is C15H23NO3S. The van der Waals surface area contributed by atoms with Gasteiger partial charge in [-0.25, -0.2) is 13.4 Å². The summed E-state index contributed by atoms with van der Waals surface area (Å²) in [6.07, 6.45) is 6.45. The number of ether oxygens (including phenoxy) is 1. The number of hydrogen-bond donors (Lipinski definition) is 0. The summed E-state index contributed by atoms with van der Waals surface area (Å²) in [5.41, 5.74) is 0.955. The van der Waals surface area contributed by atoms with Gasteiger partial charge in [0.1, 0.15) is 0 Å². The first-order chi connectivity index (χ1) is 9.49. The molecule has 2 rings (SSSR count). The van der Waals surface area contributed by atoms with Gasteiger partial charge in [0.2, 0.25) is 0 Å². The molecule has 0 spiro atoms. The van der Waals surface area contributed by atoms with Crippen molar-refractivity contribution in [3.05, 3.63) is 23.9 Å². The van der Waals surface area contributed by atoms with Crippen molar-refractivity contribution in [3.8, 4) is 0 Å². The van der Waals surface area contributed by atoms with Gasteiger partial charge in [0.05, 0.1) is 18.5 Å². The Balaban J connectivity index is 1.87. The number of aryl methyl sites for hydroxylation is 1. The molecular weight excluding hydrogens is 274 g/mol. The molecule has 0 saturated heterocycles. The third-order valence-corrected chi connectivity index (χ3v) is 5.50. The van der Waals surface area contributed by atoms with Crippen molar-refractivity contribution in [2.24, 2.45) is 5.92 Å². The van der Waals surface area contributed by atoms with Crippen LogP contribution in [0.25, 0.3) is 0 Å². The normalized spacial score (nSPS) is 23.7. The summed E-state index contributed by atoms with van der Waals surface area (Å²) in [6.45, 7) is 4.32. The molecule has 0 radical (unpaired) electrons. The molecule has 0 unspecified atom stereocenters. The van der Waals surface area contributed by atoms with Gasteiger partial charge in [-0.05, 0) is 37.3 Å². The monoisotopic (exact) mass is 297 g/mol. The van der Waals surface area contributed by atoms with E-state index in [9.17, 15) is 8.42 Å². The second kappa shape index (κ2) is 6.68. The fourth-order valence-electron chi connectivity index (χ4n) is 2.58. The maximum Gasteiger partial charge on any atom is 0.197 e. The minimum atomic E-state index is -3.33. The third-order valence-electron chi connectivity index (χ3n) is 3.92. The number of pyridine rings is 1. The largest absolute Gasteiger partial charge is 0.377 e. The third kappa shape index (κ3) is 4.03. The number of hydrogen-bond acceptors (Lipinski definition) is 4. The maximum atomic E-state index is 12.1. The highest BCUT2D eigenvalue weighted by molar-refractivity contribution is 7.91. The van der Waals surface area contributed by atoms with Crippen LogP contribution in [0, 0.1) is 12.8 Å². The number of nitrogens with zero attached hydrogens (tertiary/aromatic N) is 1. The number of aromatic nitrogens is 1. The molecule has 1 fully saturated rings. The van der Waals surface area contributed by atoms with E-state index in [2.05, 4.69) is 11.9 Å². The van der Waals surface area contributed by atoms with Crippen LogP contribution < -0.4 is 0 Å². The van der Waals surface area contributed by atoms with Gasteiger partial charge in [-0.15, -0.1) is 0 Å². The Labute approximate surface area is 121 Å². The highest BCUT2D eigenvalue weighted by Gasteiger charge is 2.23. The van der Waals surface area contributed by atoms with Crippen LogP contribution in [-0.2, 0) is 14.6 Å². The van der Waals surface area contributed by atoms with Crippen molar-refractivity contribution in [1.29, 1.82) is 0 Å². The summed E-state index contributed by atoms with van der Waals surface area (Å²) in [6, 6.07) is 3.33. The van der Waals surface area contributed by atoms with E-state index in [4.69, 9.17) is 4.74 Å². The maximum absolute atomic E-state index is 12.1. The Morgan fingerprint density at radius 1 is 1.30 bits per heavy atom. The minimum absolute atomic E-state index is 0.00623. The summed E-state index contributed by atoms with van der Waals surface area (Å²) in [4.78, 5) is 3.99. The van der Waals surface area contributed by atoms with Crippen LogP contribution >= 0.6 is 0 Å². The van der Waals surface area contributed by atoms with Crippen LogP contribution in [0.4, 0.5) is 0 Å². The topological polar surface area (TPSA) is 56.3 Å². The first-order valence-corrected chi connectivity index (χ1v) is 8.91. The van der Waals surface area contributed by atoms with Crippen molar-refractivity contribution in [2.75, 3.05) is 12.4 Å². The summed E-state index contributed by atoms with van der Waals surface area (Å²) >= 11 is 0. The standard InChI is InChI=1S/C15H23NO3S/c1-12-7-8-15(16-11-12)20(17,18)10-9-19-14-6-4-3-5-13(14)2/h7-8,11,13-14H,3-6,9-10H2,1-2H3/t13-,14-/m0/s1. The van der Waals surface area contributed by atoms with Crippen LogP contribution in [0.1, 0.15) is 38.2 Å². The van der Waals surface area contributed by atoms with Gasteiger partial charge in [0.15, 0.2) is 14.9 Å². The minimum Gasteiger partial charge on any atom is -0.377 e. The van der Waals surface area contributed by atoms with Gasteiger partial charge in [0, 0.05) is 6.20 Å². The summed E-state index contributed by atoms with van der Waals surface area (Å²) in [7, 11) is -3.33. The molecule has 0 amide bonds. The first-order valence-electron chi connectivity index (χ1n) is 7.26. The van der Waals surface area contributed by atoms with Gasteiger partial charge in [-0.1, -0.05) is 25.8 Å². The zero-order chi connectivity index (χ0) is 14.6. The lowest BCUT2D eigenvalue weighted by Crippen LogP contribution is -2.27. The van der Waals surface area contributed by atoms with Gasteiger partial charge in [0.25, 0.3) is 0 Å². The summed E-state index contributed by atoms with van der Waals surface area (Å²) < 4.78 is 30.0. The molecule has 1 aromatic rings. The molecule has 1 heterocycles. The zero-order valence-electron chi connectivity index (χ0n) is 12.2. The molecule has 1 aliphatic carbocycles. The molecule has 5 heteroatoms. The van der Waals surface area contributed by atoms with Crippen LogP contribution in [0.3, 0.4) is 0 Å². The Hall–Kier alpha value is -0.940. The molecule has 4 nitrogen and oxygen atoms in total. The smallest absolute Gasteiger partial charge is 0.197 e. The Morgan fingerprint density at radius 2 is 2.05 bits per heavy atom. The lowest BCUT2D eigenvalue weighted by atomic mass is 9.88. The van der Waals surface area contributed by atoms with E-state index in [1.807, 2.05) is 6.92 Å². The van der Waals surface area contributed by atoms with E-state index in [0.717, 1.165) is 12.0 Å². The summed E-state index contributed by atoms with van der Waals surface area (Å²) in [5, 5.41) is 0.142. The number of sulfone groups is 1. The summed E-state index contributed by atoms with van der Waals surface area (Å²) in [5.74, 6) is 0.538. The average molecular weight is 297 g/mol. The van der Waals surface area contributed by atoms with E-state index in [-0.39, 0.29) is 23.5 Å². The molecule has 112 valence electrons. The highest BCUT2D eigenvalue weighted by Crippen LogP contribution is 2.26. The highest BCUT2D eigenvalue weighted by atomic mass is 32.2. The van der Waals surface area contributed by atoms with Crippen LogP contribution in [0.2, 0.25) is 0 Å². The van der Waals surface area contributed by atoms with Gasteiger partial charge in [-0.3, -0.25) is 0 Å². The molecule has 1 saturated carbocycles. The fraction of sp³-hybridized carbons (Fsp3) is 0.667. The first kappa shape index (κ1) is 15.4. The quantitative estimate of drug-likeness (QED) is 0.838. The fourth-order valence-corrected chi connectivity index (χ4v) is 3.60. The second-order valence-electron chi connectivity index (χ2n) is 5.66. The van der Waals surface area contributed by atoms with Crippen LogP contribution in [0.15, 0.2) is 23.4 Å². The molecule has 0 aromatic carbocycles. The molecule has 0 aliphatic heterocycles. The van der Waals surface area contributed by atoms with E-state index in [1.54, 1.807) is 18.3 Å². The Kier molecular flexibility index (Phi) is 5.16. The van der Waals surface area contributed by atoms with Crippen molar-refractivity contribution in [1.82, 2.24) is 4.98 Å². The van der Waals surface area contributed by atoms with Crippen molar-refractivity contribution < 1.29 is 13.2 Å². The zero-order valence-corrected chi connectivity index (χ0v) is 13.0. The van der Waals surface area contributed by atoms with Crippen molar-refractivity contribution in [3.63, 3.8) is 0 Å². The van der Waals surface area contributed by atoms with E-state index >= 15 is 0 Å². The Morgan fingerprint density at radius 3 is 2.70 bits per heavy atom. The molecule has 20 heavy (non-hydrogen) atoms. The average Bonchev–Trinajstić information content (AvgIpc) is 2.41. The Bertz CT molecular complexity index is 525. The van der Waals surface area contributed by atoms with Crippen LogP contribution in [-0.4, -0.2) is 31.9 Å². The number of rotatable bonds is 5. The van der Waals surface area contributed by atoms with Gasteiger partial charge >= 0.3 is 0 Å². The second-order valence-corrected chi connectivity index (χ2v) is 7.72. The predicted octanol–water partition coefficient (Wildman–Crippen LogP) is 2.76. The predicted molar refractivity (Wildman–Crippen MR) is 78.4 cm³/mol. The van der Waals surface area contributed by atoms with E-state index < -0.39 is 9.84 Å². The lowest BCUT2D eigenvalue weighted by molar-refractivity contribution is 0.00301. The van der Waals surface area contributed by atoms with Gasteiger partial charge < -0.3 is 4.74 Å². The van der Waals surface area contributed by atoms with Crippen molar-refractivity contribution in [2.45, 2.75) is 50.7 Å².